The molecule has 0 radical (unpaired) electrons. The topological polar surface area (TPSA) is 57.9 Å². The van der Waals surface area contributed by atoms with Crippen LogP contribution in [0.15, 0.2) is 24.3 Å². The molecule has 0 amide bonds. The molecule has 1 aromatic carbocycles. The highest BCUT2D eigenvalue weighted by molar-refractivity contribution is 7.89. The first-order valence-corrected chi connectivity index (χ1v) is 6.25. The summed E-state index contributed by atoms with van der Waals surface area (Å²) in [5.41, 5.74) is 1.22. The van der Waals surface area contributed by atoms with Crippen molar-refractivity contribution in [1.29, 1.82) is 5.26 Å². The molecule has 0 unspecified atom stereocenters. The largest absolute Gasteiger partial charge is 0.229 e. The first kappa shape index (κ1) is 11.3. The second-order valence-corrected chi connectivity index (χ2v) is 5.23. The maximum atomic E-state index is 11.1. The van der Waals surface area contributed by atoms with Gasteiger partial charge >= 0.3 is 0 Å². The Morgan fingerprint density at radius 2 is 2.00 bits per heavy atom. The summed E-state index contributed by atoms with van der Waals surface area (Å²) in [6.45, 7) is 0. The van der Waals surface area contributed by atoms with Crippen LogP contribution in [-0.4, -0.2) is 14.7 Å². The quantitative estimate of drug-likeness (QED) is 0.700. The van der Waals surface area contributed by atoms with E-state index in [1.165, 1.54) is 6.26 Å². The smallest absolute Gasteiger partial charge is 0.152 e. The number of hydrogen-bond acceptors (Lipinski definition) is 3. The van der Waals surface area contributed by atoms with Crippen LogP contribution < -0.4 is 0 Å². The van der Waals surface area contributed by atoms with Crippen LogP contribution in [0.4, 0.5) is 0 Å². The highest BCUT2D eigenvalue weighted by atomic mass is 32.2. The zero-order chi connectivity index (χ0) is 11.3. The van der Waals surface area contributed by atoms with Gasteiger partial charge in [0.2, 0.25) is 0 Å². The van der Waals surface area contributed by atoms with Gasteiger partial charge in [0.15, 0.2) is 15.9 Å². The predicted molar refractivity (Wildman–Crippen MR) is 57.5 cm³/mol. The van der Waals surface area contributed by atoms with Crippen LogP contribution in [-0.2, 0) is 15.6 Å². The third kappa shape index (κ3) is 3.84. The van der Waals surface area contributed by atoms with E-state index in [0.29, 0.717) is 11.1 Å². The van der Waals surface area contributed by atoms with Crippen molar-refractivity contribution in [3.8, 4) is 17.9 Å². The van der Waals surface area contributed by atoms with Crippen molar-refractivity contribution in [1.82, 2.24) is 0 Å². The molecule has 0 heterocycles. The summed E-state index contributed by atoms with van der Waals surface area (Å²) >= 11 is 0. The van der Waals surface area contributed by atoms with Gasteiger partial charge in [-0.2, -0.15) is 5.26 Å². The Balaban J connectivity index is 3.14. The van der Waals surface area contributed by atoms with Gasteiger partial charge in [-0.05, 0) is 11.6 Å². The Labute approximate surface area is 89.3 Å². The van der Waals surface area contributed by atoms with E-state index in [9.17, 15) is 8.42 Å². The lowest BCUT2D eigenvalue weighted by Gasteiger charge is -2.01. The van der Waals surface area contributed by atoms with Crippen molar-refractivity contribution >= 4 is 9.84 Å². The van der Waals surface area contributed by atoms with Crippen molar-refractivity contribution in [3.05, 3.63) is 35.4 Å². The Kier molecular flexibility index (Phi) is 3.49. The monoisotopic (exact) mass is 219 g/mol. The van der Waals surface area contributed by atoms with Crippen LogP contribution in [0.1, 0.15) is 11.1 Å². The van der Waals surface area contributed by atoms with Crippen molar-refractivity contribution < 1.29 is 8.42 Å². The standard InChI is InChI=1S/C11H9NO2S/c1-15(13,14)9-11-6-3-2-5-10(11)7-4-8-12/h2-3,5-6H,9H2,1H3. The van der Waals surface area contributed by atoms with Gasteiger partial charge in [-0.15, -0.1) is 0 Å². The molecular formula is C11H9NO2S. The Bertz CT molecular complexity index is 556. The van der Waals surface area contributed by atoms with Gasteiger partial charge in [0.05, 0.1) is 5.75 Å². The predicted octanol–water partition coefficient (Wildman–Crippen LogP) is 1.11. The molecule has 15 heavy (non-hydrogen) atoms. The lowest BCUT2D eigenvalue weighted by molar-refractivity contribution is 0.601. The van der Waals surface area contributed by atoms with Crippen LogP contribution >= 0.6 is 0 Å². The molecule has 0 N–H and O–H groups in total. The van der Waals surface area contributed by atoms with Crippen LogP contribution in [0, 0.1) is 23.2 Å². The van der Waals surface area contributed by atoms with Gasteiger partial charge < -0.3 is 0 Å². The maximum Gasteiger partial charge on any atom is 0.152 e. The Morgan fingerprint density at radius 1 is 1.33 bits per heavy atom. The summed E-state index contributed by atoms with van der Waals surface area (Å²) < 4.78 is 22.2. The molecule has 0 aliphatic carbocycles. The van der Waals surface area contributed by atoms with E-state index in [0.717, 1.165) is 0 Å². The van der Waals surface area contributed by atoms with Crippen LogP contribution in [0.5, 0.6) is 0 Å². The molecule has 0 spiro atoms. The van der Waals surface area contributed by atoms with Crippen molar-refractivity contribution in [2.24, 2.45) is 0 Å². The number of rotatable bonds is 2. The number of sulfone groups is 1. The maximum absolute atomic E-state index is 11.1. The lowest BCUT2D eigenvalue weighted by atomic mass is 10.1. The Hall–Kier alpha value is -1.78. The molecule has 1 aromatic rings. The Morgan fingerprint density at radius 3 is 2.60 bits per heavy atom. The van der Waals surface area contributed by atoms with Gasteiger partial charge in [0, 0.05) is 17.7 Å². The lowest BCUT2D eigenvalue weighted by Crippen LogP contribution is -2.02. The molecule has 0 saturated carbocycles. The summed E-state index contributed by atoms with van der Waals surface area (Å²) in [4.78, 5) is 0. The highest BCUT2D eigenvalue weighted by Crippen LogP contribution is 2.10. The van der Waals surface area contributed by atoms with Crippen molar-refractivity contribution in [2.45, 2.75) is 5.75 Å². The van der Waals surface area contributed by atoms with Gasteiger partial charge in [-0.1, -0.05) is 24.1 Å². The molecule has 3 nitrogen and oxygen atoms in total. The van der Waals surface area contributed by atoms with E-state index in [2.05, 4.69) is 11.8 Å². The first-order valence-electron chi connectivity index (χ1n) is 4.18. The summed E-state index contributed by atoms with van der Waals surface area (Å²) in [6.07, 6.45) is 1.17. The highest BCUT2D eigenvalue weighted by Gasteiger charge is 2.07. The SMILES string of the molecule is CS(=O)(=O)Cc1ccccc1C#CC#N. The van der Waals surface area contributed by atoms with Crippen LogP contribution in [0.25, 0.3) is 0 Å². The van der Waals surface area contributed by atoms with E-state index in [-0.39, 0.29) is 5.75 Å². The van der Waals surface area contributed by atoms with Crippen LogP contribution in [0.3, 0.4) is 0 Å². The second kappa shape index (κ2) is 4.63. The second-order valence-electron chi connectivity index (χ2n) is 3.09. The number of nitriles is 1. The summed E-state index contributed by atoms with van der Waals surface area (Å²) in [6, 6.07) is 8.60. The number of hydrogen-bond donors (Lipinski definition) is 0. The van der Waals surface area contributed by atoms with Crippen molar-refractivity contribution in [2.75, 3.05) is 6.26 Å². The minimum atomic E-state index is -3.08. The fourth-order valence-electron chi connectivity index (χ4n) is 1.15. The van der Waals surface area contributed by atoms with Crippen molar-refractivity contribution in [3.63, 3.8) is 0 Å². The average molecular weight is 219 g/mol. The molecular weight excluding hydrogens is 210 g/mol. The molecule has 76 valence electrons. The molecule has 0 fully saturated rings. The van der Waals surface area contributed by atoms with E-state index in [1.807, 2.05) is 0 Å². The summed E-state index contributed by atoms with van der Waals surface area (Å²) in [5, 5.41) is 8.31. The van der Waals surface area contributed by atoms with Gasteiger partial charge in [0.25, 0.3) is 0 Å². The first-order chi connectivity index (χ1) is 7.03. The molecule has 0 bridgehead atoms. The zero-order valence-corrected chi connectivity index (χ0v) is 9.00. The molecule has 1 rings (SSSR count). The van der Waals surface area contributed by atoms with E-state index in [4.69, 9.17) is 5.26 Å². The third-order valence-corrected chi connectivity index (χ3v) is 2.52. The zero-order valence-electron chi connectivity index (χ0n) is 8.19. The minimum absolute atomic E-state index is 0.0523. The number of nitrogens with zero attached hydrogens (tertiary/aromatic N) is 1. The molecule has 4 heteroatoms. The molecule has 0 atom stereocenters. The number of benzene rings is 1. The van der Waals surface area contributed by atoms with Gasteiger partial charge in [-0.3, -0.25) is 0 Å². The molecule has 0 saturated heterocycles. The van der Waals surface area contributed by atoms with E-state index in [1.54, 1.807) is 30.3 Å². The van der Waals surface area contributed by atoms with Gasteiger partial charge in [0.1, 0.15) is 0 Å². The average Bonchev–Trinajstić information content (AvgIpc) is 2.14. The summed E-state index contributed by atoms with van der Waals surface area (Å²) in [5.74, 6) is 4.81. The summed E-state index contributed by atoms with van der Waals surface area (Å²) in [7, 11) is -3.08. The van der Waals surface area contributed by atoms with Gasteiger partial charge in [-0.25, -0.2) is 8.42 Å². The third-order valence-electron chi connectivity index (χ3n) is 1.69. The normalized spacial score (nSPS) is 9.87. The minimum Gasteiger partial charge on any atom is -0.229 e. The molecule has 0 aliphatic rings. The van der Waals surface area contributed by atoms with E-state index < -0.39 is 9.84 Å². The fourth-order valence-corrected chi connectivity index (χ4v) is 1.96. The van der Waals surface area contributed by atoms with Crippen LogP contribution in [0.2, 0.25) is 0 Å². The van der Waals surface area contributed by atoms with E-state index >= 15 is 0 Å². The molecule has 0 aliphatic heterocycles. The fraction of sp³-hybridized carbons (Fsp3) is 0.182. The molecule has 0 aromatic heterocycles.